The summed E-state index contributed by atoms with van der Waals surface area (Å²) >= 11 is 0. The highest BCUT2D eigenvalue weighted by atomic mass is 16.5. The second kappa shape index (κ2) is 2.65. The van der Waals surface area contributed by atoms with Crippen molar-refractivity contribution in [1.82, 2.24) is 0 Å². The number of ketones is 2. The first-order valence-electron chi connectivity index (χ1n) is 3.04. The average Bonchev–Trinajstić information content (AvgIpc) is 1.85. The van der Waals surface area contributed by atoms with Crippen LogP contribution < -0.4 is 0 Å². The first-order chi connectivity index (χ1) is 5.13. The molecule has 0 aliphatic carbocycles. The van der Waals surface area contributed by atoms with Gasteiger partial charge in [0.05, 0.1) is 6.26 Å². The Hall–Kier alpha value is -1.45. The standard InChI is InChI=1S/C7H6O4/c1-4(8)6-5(9)2-3-11-7(6)10/h2-3,6H,1H3. The highest BCUT2D eigenvalue weighted by Crippen LogP contribution is 2.09. The molecule has 4 heteroatoms. The van der Waals surface area contributed by atoms with Crippen LogP contribution in [0.5, 0.6) is 0 Å². The Kier molecular flexibility index (Phi) is 1.85. The molecule has 1 rings (SSSR count). The van der Waals surface area contributed by atoms with Gasteiger partial charge in [-0.25, -0.2) is 0 Å². The van der Waals surface area contributed by atoms with E-state index in [9.17, 15) is 14.4 Å². The van der Waals surface area contributed by atoms with Crippen molar-refractivity contribution in [3.05, 3.63) is 12.3 Å². The largest absolute Gasteiger partial charge is 0.433 e. The van der Waals surface area contributed by atoms with E-state index in [-0.39, 0.29) is 0 Å². The molecule has 1 aliphatic rings. The number of hydrogen-bond acceptors (Lipinski definition) is 4. The van der Waals surface area contributed by atoms with E-state index < -0.39 is 23.5 Å². The van der Waals surface area contributed by atoms with Crippen molar-refractivity contribution in [2.75, 3.05) is 0 Å². The van der Waals surface area contributed by atoms with E-state index in [4.69, 9.17) is 0 Å². The highest BCUT2D eigenvalue weighted by molar-refractivity contribution is 6.21. The maximum atomic E-state index is 10.8. The number of allylic oxidation sites excluding steroid dienone is 1. The van der Waals surface area contributed by atoms with Gasteiger partial charge in [-0.1, -0.05) is 0 Å². The zero-order valence-corrected chi connectivity index (χ0v) is 5.87. The molecule has 0 radical (unpaired) electrons. The topological polar surface area (TPSA) is 60.4 Å². The summed E-state index contributed by atoms with van der Waals surface area (Å²) in [4.78, 5) is 32.2. The zero-order valence-electron chi connectivity index (χ0n) is 5.87. The van der Waals surface area contributed by atoms with Crippen LogP contribution in [-0.2, 0) is 19.1 Å². The van der Waals surface area contributed by atoms with Gasteiger partial charge in [-0.3, -0.25) is 14.4 Å². The fourth-order valence-electron chi connectivity index (χ4n) is 0.815. The Morgan fingerprint density at radius 1 is 1.55 bits per heavy atom. The minimum atomic E-state index is -1.24. The first-order valence-corrected chi connectivity index (χ1v) is 3.04. The van der Waals surface area contributed by atoms with Gasteiger partial charge in [0, 0.05) is 6.08 Å². The van der Waals surface area contributed by atoms with Crippen LogP contribution in [0, 0.1) is 5.92 Å². The number of Topliss-reactive ketones (excluding diaryl/α,β-unsaturated/α-hetero) is 1. The molecule has 0 aromatic carbocycles. The van der Waals surface area contributed by atoms with Crippen molar-refractivity contribution in [2.45, 2.75) is 6.92 Å². The summed E-state index contributed by atoms with van der Waals surface area (Å²) in [5.74, 6) is -3.01. The van der Waals surface area contributed by atoms with Crippen LogP contribution in [-0.4, -0.2) is 17.5 Å². The van der Waals surface area contributed by atoms with Gasteiger partial charge in [0.2, 0.25) is 0 Å². The Bertz CT molecular complexity index is 251. The summed E-state index contributed by atoms with van der Waals surface area (Å²) in [6.45, 7) is 1.18. The van der Waals surface area contributed by atoms with Gasteiger partial charge >= 0.3 is 5.97 Å². The fourth-order valence-corrected chi connectivity index (χ4v) is 0.815. The molecule has 0 spiro atoms. The molecular formula is C7H6O4. The van der Waals surface area contributed by atoms with Crippen molar-refractivity contribution in [2.24, 2.45) is 5.92 Å². The maximum Gasteiger partial charge on any atom is 0.329 e. The smallest absolute Gasteiger partial charge is 0.329 e. The van der Waals surface area contributed by atoms with Crippen LogP contribution in [0.3, 0.4) is 0 Å². The monoisotopic (exact) mass is 154 g/mol. The predicted molar refractivity (Wildman–Crippen MR) is 34.4 cm³/mol. The van der Waals surface area contributed by atoms with Gasteiger partial charge < -0.3 is 4.74 Å². The number of ether oxygens (including phenoxy) is 1. The van der Waals surface area contributed by atoms with Gasteiger partial charge in [-0.15, -0.1) is 0 Å². The third-order valence-corrected chi connectivity index (χ3v) is 1.34. The van der Waals surface area contributed by atoms with Crippen LogP contribution in [0.25, 0.3) is 0 Å². The SMILES string of the molecule is CC(=O)C1C(=O)C=COC1=O. The van der Waals surface area contributed by atoms with Crippen LogP contribution in [0.2, 0.25) is 0 Å². The van der Waals surface area contributed by atoms with Gasteiger partial charge in [0.1, 0.15) is 0 Å². The van der Waals surface area contributed by atoms with Crippen molar-refractivity contribution in [1.29, 1.82) is 0 Å². The molecular weight excluding hydrogens is 148 g/mol. The van der Waals surface area contributed by atoms with Crippen LogP contribution in [0.4, 0.5) is 0 Å². The van der Waals surface area contributed by atoms with Crippen molar-refractivity contribution >= 4 is 17.5 Å². The summed E-state index contributed by atoms with van der Waals surface area (Å²) in [6.07, 6.45) is 2.07. The summed E-state index contributed by atoms with van der Waals surface area (Å²) in [5.41, 5.74) is 0. The minimum Gasteiger partial charge on any atom is -0.433 e. The summed E-state index contributed by atoms with van der Waals surface area (Å²) in [7, 11) is 0. The normalized spacial score (nSPS) is 23.2. The molecule has 1 unspecified atom stereocenters. The molecule has 0 N–H and O–H groups in total. The fraction of sp³-hybridized carbons (Fsp3) is 0.286. The Balaban J connectivity index is 2.92. The molecule has 0 saturated carbocycles. The lowest BCUT2D eigenvalue weighted by molar-refractivity contribution is -0.151. The second-order valence-corrected chi connectivity index (χ2v) is 2.19. The van der Waals surface area contributed by atoms with Gasteiger partial charge in [0.15, 0.2) is 17.5 Å². The van der Waals surface area contributed by atoms with E-state index in [1.807, 2.05) is 0 Å². The first kappa shape index (κ1) is 7.65. The predicted octanol–water partition coefficient (Wildman–Crippen LogP) is -0.169. The summed E-state index contributed by atoms with van der Waals surface area (Å²) < 4.78 is 4.36. The van der Waals surface area contributed by atoms with E-state index in [1.54, 1.807) is 0 Å². The van der Waals surface area contributed by atoms with Crippen LogP contribution in [0.15, 0.2) is 12.3 Å². The van der Waals surface area contributed by atoms with E-state index in [2.05, 4.69) is 4.74 Å². The Morgan fingerprint density at radius 3 is 2.55 bits per heavy atom. The lowest BCUT2D eigenvalue weighted by Gasteiger charge is -2.11. The van der Waals surface area contributed by atoms with E-state index >= 15 is 0 Å². The number of hydrogen-bond donors (Lipinski definition) is 0. The molecule has 58 valence electrons. The lowest BCUT2D eigenvalue weighted by atomic mass is 9.99. The Labute approximate surface area is 62.8 Å². The van der Waals surface area contributed by atoms with Gasteiger partial charge in [-0.2, -0.15) is 0 Å². The molecule has 1 atom stereocenters. The minimum absolute atomic E-state index is 0.482. The Morgan fingerprint density at radius 2 is 2.18 bits per heavy atom. The van der Waals surface area contributed by atoms with Crippen molar-refractivity contribution in [3.63, 3.8) is 0 Å². The summed E-state index contributed by atoms with van der Waals surface area (Å²) in [5, 5.41) is 0. The highest BCUT2D eigenvalue weighted by Gasteiger charge is 2.33. The van der Waals surface area contributed by atoms with Gasteiger partial charge in [0.25, 0.3) is 0 Å². The average molecular weight is 154 g/mol. The third kappa shape index (κ3) is 1.34. The molecule has 0 amide bonds. The van der Waals surface area contributed by atoms with Crippen molar-refractivity contribution in [3.8, 4) is 0 Å². The molecule has 1 aliphatic heterocycles. The van der Waals surface area contributed by atoms with Gasteiger partial charge in [-0.05, 0) is 6.92 Å². The number of carbonyl (C=O) groups excluding carboxylic acids is 3. The second-order valence-electron chi connectivity index (χ2n) is 2.19. The molecule has 0 aromatic rings. The van der Waals surface area contributed by atoms with E-state index in [1.165, 1.54) is 6.92 Å². The molecule has 0 bridgehead atoms. The quantitative estimate of drug-likeness (QED) is 0.388. The number of rotatable bonds is 1. The molecule has 11 heavy (non-hydrogen) atoms. The van der Waals surface area contributed by atoms with Crippen LogP contribution in [0.1, 0.15) is 6.92 Å². The molecule has 4 nitrogen and oxygen atoms in total. The van der Waals surface area contributed by atoms with E-state index in [0.29, 0.717) is 0 Å². The lowest BCUT2D eigenvalue weighted by Crippen LogP contribution is -2.32. The van der Waals surface area contributed by atoms with E-state index in [0.717, 1.165) is 12.3 Å². The molecule has 1 heterocycles. The number of cyclic esters (lactones) is 1. The van der Waals surface area contributed by atoms with Crippen molar-refractivity contribution < 1.29 is 19.1 Å². The maximum absolute atomic E-state index is 10.8. The van der Waals surface area contributed by atoms with Crippen LogP contribution >= 0.6 is 0 Å². The number of carbonyl (C=O) groups is 3. The number of esters is 1. The molecule has 0 saturated heterocycles. The molecule has 0 fully saturated rings. The zero-order chi connectivity index (χ0) is 8.43. The summed E-state index contributed by atoms with van der Waals surface area (Å²) in [6, 6.07) is 0. The molecule has 0 aromatic heterocycles. The third-order valence-electron chi connectivity index (χ3n) is 1.34.